The van der Waals surface area contributed by atoms with Gasteiger partial charge >= 0.3 is 5.97 Å². The Morgan fingerprint density at radius 2 is 0.696 bits per heavy atom. The van der Waals surface area contributed by atoms with E-state index in [1.165, 1.54) is 95.5 Å². The molecule has 1 aromatic rings. The van der Waals surface area contributed by atoms with Crippen LogP contribution in [0.3, 0.4) is 0 Å². The van der Waals surface area contributed by atoms with Crippen LogP contribution in [0, 0.1) is 0 Å². The number of hydrogen-bond donors (Lipinski definition) is 0. The molecule has 0 radical (unpaired) electrons. The lowest BCUT2D eigenvalue weighted by atomic mass is 10.0. The maximum atomic E-state index is 11.8. The predicted octanol–water partition coefficient (Wildman–Crippen LogP) is 8.96. The normalized spacial score (nSPS) is 11.4. The molecule has 0 aromatic heterocycles. The van der Waals surface area contributed by atoms with Gasteiger partial charge in [-0.15, -0.1) is 0 Å². The number of rotatable bonds is 46. The molecule has 0 aliphatic carbocycles. The van der Waals surface area contributed by atoms with Gasteiger partial charge in [-0.2, -0.15) is 0 Å². The average Bonchev–Trinajstić information content (AvgIpc) is 3.21. The summed E-state index contributed by atoms with van der Waals surface area (Å²) in [6.07, 6.45) is 22.1. The molecular formula is C45H82O11. The van der Waals surface area contributed by atoms with Crippen molar-refractivity contribution in [2.75, 3.05) is 119 Å². The van der Waals surface area contributed by atoms with Gasteiger partial charge in [0, 0.05) is 6.42 Å². The fraction of sp³-hybridized carbons (Fsp3) is 0.844. The lowest BCUT2D eigenvalue weighted by Crippen LogP contribution is -2.15. The zero-order chi connectivity index (χ0) is 40.1. The number of ether oxygens (including phenoxy) is 10. The monoisotopic (exact) mass is 799 g/mol. The van der Waals surface area contributed by atoms with E-state index in [4.69, 9.17) is 47.4 Å². The number of unbranched alkanes of at least 4 members (excludes halogenated alkanes) is 14. The van der Waals surface area contributed by atoms with Gasteiger partial charge in [-0.25, -0.2) is 0 Å². The summed E-state index contributed by atoms with van der Waals surface area (Å²) in [4.78, 5) is 11.8. The lowest BCUT2D eigenvalue weighted by Gasteiger charge is -2.09. The highest BCUT2D eigenvalue weighted by atomic mass is 16.6. The first-order chi connectivity index (χ1) is 27.8. The third-order valence-electron chi connectivity index (χ3n) is 9.07. The molecule has 0 spiro atoms. The van der Waals surface area contributed by atoms with Gasteiger partial charge in [-0.05, 0) is 37.0 Å². The van der Waals surface area contributed by atoms with Gasteiger partial charge in [-0.3, -0.25) is 4.79 Å². The molecule has 0 aliphatic heterocycles. The maximum absolute atomic E-state index is 11.8. The summed E-state index contributed by atoms with van der Waals surface area (Å²) in [7, 11) is 0. The van der Waals surface area contributed by atoms with Gasteiger partial charge in [0.1, 0.15) is 19.0 Å². The van der Waals surface area contributed by atoms with Crippen molar-refractivity contribution in [3.8, 4) is 5.75 Å². The van der Waals surface area contributed by atoms with E-state index in [1.807, 2.05) is 0 Å². The molecule has 56 heavy (non-hydrogen) atoms. The maximum Gasteiger partial charge on any atom is 0.305 e. The van der Waals surface area contributed by atoms with Gasteiger partial charge in [0.05, 0.1) is 106 Å². The van der Waals surface area contributed by atoms with Gasteiger partial charge < -0.3 is 47.4 Å². The van der Waals surface area contributed by atoms with Gasteiger partial charge in [0.25, 0.3) is 0 Å². The largest absolute Gasteiger partial charge is 0.491 e. The van der Waals surface area contributed by atoms with Crippen molar-refractivity contribution in [2.24, 2.45) is 0 Å². The first-order valence-electron chi connectivity index (χ1n) is 22.3. The molecule has 0 heterocycles. The van der Waals surface area contributed by atoms with E-state index in [0.29, 0.717) is 125 Å². The molecule has 0 fully saturated rings. The van der Waals surface area contributed by atoms with Crippen LogP contribution in [0.5, 0.6) is 5.75 Å². The van der Waals surface area contributed by atoms with Crippen LogP contribution in [0.2, 0.25) is 0 Å². The van der Waals surface area contributed by atoms with E-state index in [1.54, 1.807) is 0 Å². The van der Waals surface area contributed by atoms with Gasteiger partial charge in [-0.1, -0.05) is 116 Å². The molecule has 0 bridgehead atoms. The zero-order valence-electron chi connectivity index (χ0n) is 35.8. The lowest BCUT2D eigenvalue weighted by molar-refractivity contribution is -0.145. The third kappa shape index (κ3) is 39.0. The van der Waals surface area contributed by atoms with Crippen molar-refractivity contribution >= 4 is 5.97 Å². The Morgan fingerprint density at radius 3 is 1.09 bits per heavy atom. The molecule has 0 atom stereocenters. The Labute approximate surface area is 341 Å². The average molecular weight is 799 g/mol. The van der Waals surface area contributed by atoms with Crippen LogP contribution >= 0.6 is 0 Å². The molecule has 11 nitrogen and oxygen atoms in total. The summed E-state index contributed by atoms with van der Waals surface area (Å²) in [5.41, 5.74) is 1.38. The van der Waals surface area contributed by atoms with Crippen molar-refractivity contribution in [1.82, 2.24) is 0 Å². The Kier molecular flexibility index (Phi) is 41.3. The molecule has 1 aromatic carbocycles. The highest BCUT2D eigenvalue weighted by Gasteiger charge is 2.03. The summed E-state index contributed by atoms with van der Waals surface area (Å²) in [5, 5.41) is 0. The fourth-order valence-electron chi connectivity index (χ4n) is 5.77. The van der Waals surface area contributed by atoms with Crippen molar-refractivity contribution in [3.63, 3.8) is 0 Å². The highest BCUT2D eigenvalue weighted by molar-refractivity contribution is 5.69. The van der Waals surface area contributed by atoms with E-state index in [9.17, 15) is 4.79 Å². The van der Waals surface area contributed by atoms with E-state index in [2.05, 4.69) is 38.1 Å². The minimum atomic E-state index is -0.134. The van der Waals surface area contributed by atoms with Crippen LogP contribution in [0.25, 0.3) is 0 Å². The molecule has 0 N–H and O–H groups in total. The fourth-order valence-corrected chi connectivity index (χ4v) is 5.77. The number of esters is 1. The van der Waals surface area contributed by atoms with Crippen LogP contribution in [0.1, 0.15) is 129 Å². The molecule has 0 saturated heterocycles. The van der Waals surface area contributed by atoms with Crippen molar-refractivity contribution in [2.45, 2.75) is 129 Å². The van der Waals surface area contributed by atoms with Crippen molar-refractivity contribution < 1.29 is 52.2 Å². The third-order valence-corrected chi connectivity index (χ3v) is 9.07. The number of carbonyl (C=O) groups excluding carboxylic acids is 1. The Bertz CT molecular complexity index is 918. The first kappa shape index (κ1) is 52.2. The van der Waals surface area contributed by atoms with Crippen LogP contribution < -0.4 is 4.74 Å². The molecule has 0 saturated carbocycles. The number of hydrogen-bond acceptors (Lipinski definition) is 11. The minimum absolute atomic E-state index is 0.134. The van der Waals surface area contributed by atoms with Crippen LogP contribution in [-0.4, -0.2) is 125 Å². The second kappa shape index (κ2) is 44.3. The van der Waals surface area contributed by atoms with E-state index >= 15 is 0 Å². The highest BCUT2D eigenvalue weighted by Crippen LogP contribution is 2.15. The summed E-state index contributed by atoms with van der Waals surface area (Å²) in [5.74, 6) is 0.752. The number of aryl methyl sites for hydroxylation is 1. The molecular weight excluding hydrogens is 716 g/mol. The summed E-state index contributed by atoms with van der Waals surface area (Å²) >= 11 is 0. The molecule has 11 heteroatoms. The molecule has 0 unspecified atom stereocenters. The Hall–Kier alpha value is -1.83. The molecule has 0 amide bonds. The summed E-state index contributed by atoms with van der Waals surface area (Å²) in [6.45, 7) is 13.3. The van der Waals surface area contributed by atoms with Gasteiger partial charge in [0.15, 0.2) is 0 Å². The molecule has 328 valence electrons. The Morgan fingerprint density at radius 1 is 0.375 bits per heavy atom. The standard InChI is InChI=1S/C45H82O11/c1-3-5-7-9-11-12-14-16-18-20-45(46)56-42-40-54-38-36-52-34-32-50-30-28-48-26-25-47-27-29-49-31-33-51-35-37-53-39-41-55-44-23-21-43(22-24-44)19-17-15-13-10-8-6-4-2/h21-24H,3-20,25-42H2,1-2H3. The smallest absolute Gasteiger partial charge is 0.305 e. The summed E-state index contributed by atoms with van der Waals surface area (Å²) < 4.78 is 55.2. The van der Waals surface area contributed by atoms with E-state index in [-0.39, 0.29) is 5.97 Å². The summed E-state index contributed by atoms with van der Waals surface area (Å²) in [6, 6.07) is 8.45. The van der Waals surface area contributed by atoms with Crippen LogP contribution in [0.15, 0.2) is 24.3 Å². The van der Waals surface area contributed by atoms with Crippen LogP contribution in [-0.2, 0) is 53.8 Å². The number of benzene rings is 1. The Balaban J connectivity index is 1.69. The van der Waals surface area contributed by atoms with Crippen LogP contribution in [0.4, 0.5) is 0 Å². The topological polar surface area (TPSA) is 109 Å². The van der Waals surface area contributed by atoms with Gasteiger partial charge in [0.2, 0.25) is 0 Å². The first-order valence-corrected chi connectivity index (χ1v) is 22.3. The zero-order valence-corrected chi connectivity index (χ0v) is 35.8. The SMILES string of the molecule is CCCCCCCCCCCC(=O)OCCOCCOCCOCCOCCOCCOCCOCCOCCOc1ccc(CCCCCCCCC)cc1. The molecule has 1 rings (SSSR count). The van der Waals surface area contributed by atoms with E-state index in [0.717, 1.165) is 25.0 Å². The number of carbonyl (C=O) groups is 1. The van der Waals surface area contributed by atoms with Crippen molar-refractivity contribution in [1.29, 1.82) is 0 Å². The molecule has 0 aliphatic rings. The van der Waals surface area contributed by atoms with E-state index < -0.39 is 0 Å². The minimum Gasteiger partial charge on any atom is -0.491 e. The predicted molar refractivity (Wildman–Crippen MR) is 223 cm³/mol. The quantitative estimate of drug-likeness (QED) is 0.0466. The van der Waals surface area contributed by atoms with Crippen molar-refractivity contribution in [3.05, 3.63) is 29.8 Å². The second-order valence-electron chi connectivity index (χ2n) is 14.1. The second-order valence-corrected chi connectivity index (χ2v) is 14.1.